The number of fused-ring (bicyclic) bond motifs is 1. The smallest absolute Gasteiger partial charge is 0.418 e. The van der Waals surface area contributed by atoms with Crippen molar-refractivity contribution in [1.29, 1.82) is 0 Å². The van der Waals surface area contributed by atoms with E-state index < -0.39 is 0 Å². The summed E-state index contributed by atoms with van der Waals surface area (Å²) in [6, 6.07) is 6.55. The molecule has 0 amide bonds. The van der Waals surface area contributed by atoms with Gasteiger partial charge < -0.3 is 10.1 Å². The Balaban J connectivity index is 2.06. The highest BCUT2D eigenvalue weighted by Gasteiger charge is 2.20. The Bertz CT molecular complexity index is 697. The molecule has 1 aromatic heterocycles. The number of nitrogens with one attached hydrogen (secondary N) is 1. The zero-order valence-electron chi connectivity index (χ0n) is 14.3. The molecule has 1 aliphatic heterocycles. The molecule has 23 heavy (non-hydrogen) atoms. The number of rotatable bonds is 3. The minimum Gasteiger partial charge on any atom is -0.449 e. The van der Waals surface area contributed by atoms with Gasteiger partial charge in [-0.25, -0.2) is 4.79 Å². The van der Waals surface area contributed by atoms with Gasteiger partial charge in [0.1, 0.15) is 0 Å². The quantitative estimate of drug-likeness (QED) is 0.921. The predicted octanol–water partition coefficient (Wildman–Crippen LogP) is 4.24. The Morgan fingerprint density at radius 3 is 2.74 bits per heavy atom. The van der Waals surface area contributed by atoms with Crippen LogP contribution in [-0.4, -0.2) is 30.4 Å². The van der Waals surface area contributed by atoms with Gasteiger partial charge in [0.15, 0.2) is 0 Å². The molecule has 0 aliphatic carbocycles. The van der Waals surface area contributed by atoms with E-state index in [4.69, 9.17) is 4.74 Å². The molecule has 0 unspecified atom stereocenters. The van der Waals surface area contributed by atoms with Gasteiger partial charge in [-0.3, -0.25) is 4.57 Å². The summed E-state index contributed by atoms with van der Waals surface area (Å²) in [5, 5.41) is 4.60. The van der Waals surface area contributed by atoms with E-state index >= 15 is 0 Å². The Morgan fingerprint density at radius 2 is 2.09 bits per heavy atom. The molecule has 4 heteroatoms. The van der Waals surface area contributed by atoms with Crippen molar-refractivity contribution in [2.24, 2.45) is 0 Å². The van der Waals surface area contributed by atoms with Crippen LogP contribution in [0.3, 0.4) is 0 Å². The molecule has 2 heterocycles. The van der Waals surface area contributed by atoms with Crippen molar-refractivity contribution in [2.75, 3.05) is 19.7 Å². The van der Waals surface area contributed by atoms with E-state index in [2.05, 4.69) is 37.4 Å². The molecule has 3 rings (SSSR count). The molecule has 1 fully saturated rings. The van der Waals surface area contributed by atoms with Gasteiger partial charge in [-0.15, -0.1) is 0 Å². The van der Waals surface area contributed by atoms with Gasteiger partial charge >= 0.3 is 6.09 Å². The predicted molar refractivity (Wildman–Crippen MR) is 93.3 cm³/mol. The van der Waals surface area contributed by atoms with Crippen molar-refractivity contribution in [3.05, 3.63) is 35.5 Å². The van der Waals surface area contributed by atoms with E-state index in [-0.39, 0.29) is 6.09 Å². The molecule has 2 aromatic rings. The zero-order chi connectivity index (χ0) is 16.4. The van der Waals surface area contributed by atoms with Gasteiger partial charge in [0.2, 0.25) is 0 Å². The third-order valence-corrected chi connectivity index (χ3v) is 4.76. The summed E-state index contributed by atoms with van der Waals surface area (Å²) in [5.41, 5.74) is 3.55. The SMILES string of the molecule is CCOC(=O)n1cc(C(C)C)c2cc(C3CCNCC3)ccc21. The fourth-order valence-electron chi connectivity index (χ4n) is 3.49. The molecule has 0 radical (unpaired) electrons. The van der Waals surface area contributed by atoms with Crippen molar-refractivity contribution in [3.8, 4) is 0 Å². The normalized spacial score (nSPS) is 16.2. The van der Waals surface area contributed by atoms with Crippen LogP contribution in [-0.2, 0) is 4.74 Å². The average molecular weight is 314 g/mol. The number of benzene rings is 1. The lowest BCUT2D eigenvalue weighted by Gasteiger charge is -2.23. The number of carbonyl (C=O) groups excluding carboxylic acids is 1. The summed E-state index contributed by atoms with van der Waals surface area (Å²) < 4.78 is 6.84. The first-order valence-corrected chi connectivity index (χ1v) is 8.64. The Hall–Kier alpha value is -1.81. The third kappa shape index (κ3) is 3.13. The number of piperidine rings is 1. The molecule has 0 spiro atoms. The molecule has 1 aliphatic rings. The highest BCUT2D eigenvalue weighted by atomic mass is 16.5. The largest absolute Gasteiger partial charge is 0.449 e. The Labute approximate surface area is 137 Å². The minimum absolute atomic E-state index is 0.293. The lowest BCUT2D eigenvalue weighted by atomic mass is 9.89. The second-order valence-electron chi connectivity index (χ2n) is 6.61. The van der Waals surface area contributed by atoms with Crippen molar-refractivity contribution in [2.45, 2.75) is 45.4 Å². The highest BCUT2D eigenvalue weighted by Crippen LogP contribution is 2.33. The van der Waals surface area contributed by atoms with Crippen molar-refractivity contribution in [1.82, 2.24) is 9.88 Å². The molecule has 0 atom stereocenters. The molecule has 1 N–H and O–H groups in total. The molecular formula is C19H26N2O2. The lowest BCUT2D eigenvalue weighted by Crippen LogP contribution is -2.26. The third-order valence-electron chi connectivity index (χ3n) is 4.76. The standard InChI is InChI=1S/C19H26N2O2/c1-4-23-19(22)21-12-17(13(2)3)16-11-15(5-6-18(16)21)14-7-9-20-10-8-14/h5-6,11-14,20H,4,7-10H2,1-3H3. The van der Waals surface area contributed by atoms with Gasteiger partial charge in [0.05, 0.1) is 12.1 Å². The summed E-state index contributed by atoms with van der Waals surface area (Å²) in [5.74, 6) is 0.989. The van der Waals surface area contributed by atoms with E-state index in [1.807, 2.05) is 13.1 Å². The highest BCUT2D eigenvalue weighted by molar-refractivity contribution is 5.92. The van der Waals surface area contributed by atoms with Crippen LogP contribution in [0.4, 0.5) is 4.79 Å². The molecule has 0 bridgehead atoms. The topological polar surface area (TPSA) is 43.3 Å². The Kier molecular flexibility index (Phi) is 4.71. The van der Waals surface area contributed by atoms with Gasteiger partial charge in [0, 0.05) is 11.6 Å². The fraction of sp³-hybridized carbons (Fsp3) is 0.526. The van der Waals surface area contributed by atoms with Gasteiger partial charge in [-0.05, 0) is 68.0 Å². The summed E-state index contributed by atoms with van der Waals surface area (Å²) in [7, 11) is 0. The van der Waals surface area contributed by atoms with Crippen molar-refractivity contribution >= 4 is 17.0 Å². The van der Waals surface area contributed by atoms with Crippen LogP contribution in [0.5, 0.6) is 0 Å². The van der Waals surface area contributed by atoms with Gasteiger partial charge in [-0.2, -0.15) is 0 Å². The van der Waals surface area contributed by atoms with Crippen LogP contribution in [0, 0.1) is 0 Å². The summed E-state index contributed by atoms with van der Waals surface area (Å²) >= 11 is 0. The number of ether oxygens (including phenoxy) is 1. The number of hydrogen-bond acceptors (Lipinski definition) is 3. The maximum absolute atomic E-state index is 12.2. The minimum atomic E-state index is -0.293. The zero-order valence-corrected chi connectivity index (χ0v) is 14.3. The maximum Gasteiger partial charge on any atom is 0.418 e. The first-order valence-electron chi connectivity index (χ1n) is 8.64. The maximum atomic E-state index is 12.2. The van der Waals surface area contributed by atoms with Crippen LogP contribution in [0.2, 0.25) is 0 Å². The summed E-state index contributed by atoms with van der Waals surface area (Å²) in [6.45, 7) is 8.74. The van der Waals surface area contributed by atoms with E-state index in [0.717, 1.165) is 18.6 Å². The monoisotopic (exact) mass is 314 g/mol. The van der Waals surface area contributed by atoms with E-state index in [0.29, 0.717) is 18.4 Å². The Morgan fingerprint density at radius 1 is 1.35 bits per heavy atom. The molecule has 124 valence electrons. The summed E-state index contributed by atoms with van der Waals surface area (Å²) in [4.78, 5) is 12.2. The fourth-order valence-corrected chi connectivity index (χ4v) is 3.49. The van der Waals surface area contributed by atoms with E-state index in [1.165, 1.54) is 29.4 Å². The van der Waals surface area contributed by atoms with E-state index in [1.54, 1.807) is 4.57 Å². The van der Waals surface area contributed by atoms with Crippen LogP contribution in [0.25, 0.3) is 10.9 Å². The first-order chi connectivity index (χ1) is 11.1. The molecule has 4 nitrogen and oxygen atoms in total. The number of aromatic nitrogens is 1. The van der Waals surface area contributed by atoms with Crippen molar-refractivity contribution in [3.63, 3.8) is 0 Å². The summed E-state index contributed by atoms with van der Waals surface area (Å²) in [6.07, 6.45) is 4.01. The van der Waals surface area contributed by atoms with Crippen LogP contribution in [0.15, 0.2) is 24.4 Å². The molecular weight excluding hydrogens is 288 g/mol. The van der Waals surface area contributed by atoms with Gasteiger partial charge in [-0.1, -0.05) is 19.9 Å². The number of hydrogen-bond donors (Lipinski definition) is 1. The second kappa shape index (κ2) is 6.75. The molecule has 1 saturated heterocycles. The molecule has 1 aromatic carbocycles. The number of nitrogens with zero attached hydrogens (tertiary/aromatic N) is 1. The van der Waals surface area contributed by atoms with Gasteiger partial charge in [0.25, 0.3) is 0 Å². The first kappa shape index (κ1) is 16.1. The van der Waals surface area contributed by atoms with Crippen molar-refractivity contribution < 1.29 is 9.53 Å². The number of carbonyl (C=O) groups is 1. The second-order valence-corrected chi connectivity index (χ2v) is 6.61. The average Bonchev–Trinajstić information content (AvgIpc) is 2.95. The van der Waals surface area contributed by atoms with Crippen LogP contribution in [0.1, 0.15) is 56.6 Å². The lowest BCUT2D eigenvalue weighted by molar-refractivity contribution is 0.155. The molecule has 0 saturated carbocycles. The van der Waals surface area contributed by atoms with Crippen LogP contribution < -0.4 is 5.32 Å². The van der Waals surface area contributed by atoms with Crippen LogP contribution >= 0.6 is 0 Å². The van der Waals surface area contributed by atoms with E-state index in [9.17, 15) is 4.79 Å².